The molecule has 1 saturated carbocycles. The lowest BCUT2D eigenvalue weighted by Crippen LogP contribution is -2.43. The second-order valence-corrected chi connectivity index (χ2v) is 7.20. The predicted octanol–water partition coefficient (Wildman–Crippen LogP) is 2.55. The third-order valence-corrected chi connectivity index (χ3v) is 4.04. The number of nitrogens with one attached hydrogen (secondary N) is 2. The van der Waals surface area contributed by atoms with Crippen LogP contribution in [0.15, 0.2) is 4.99 Å². The molecule has 20 heavy (non-hydrogen) atoms. The van der Waals surface area contributed by atoms with Gasteiger partial charge in [0.2, 0.25) is 0 Å². The predicted molar refractivity (Wildman–Crippen MR) is 84.1 cm³/mol. The van der Waals surface area contributed by atoms with E-state index in [2.05, 4.69) is 38.3 Å². The minimum Gasteiger partial charge on any atom is -0.377 e. The number of rotatable bonds is 4. The lowest BCUT2D eigenvalue weighted by Gasteiger charge is -2.39. The summed E-state index contributed by atoms with van der Waals surface area (Å²) in [5.41, 5.74) is 0.197. The van der Waals surface area contributed by atoms with Crippen molar-refractivity contribution in [3.8, 4) is 0 Å². The van der Waals surface area contributed by atoms with Crippen molar-refractivity contribution in [3.63, 3.8) is 0 Å². The maximum absolute atomic E-state index is 6.03. The van der Waals surface area contributed by atoms with Crippen LogP contribution in [0.5, 0.6) is 0 Å². The van der Waals surface area contributed by atoms with Crippen LogP contribution in [-0.2, 0) is 4.74 Å². The largest absolute Gasteiger partial charge is 0.377 e. The minimum absolute atomic E-state index is 0.197. The molecule has 0 aromatic carbocycles. The second-order valence-electron chi connectivity index (χ2n) is 7.20. The van der Waals surface area contributed by atoms with Crippen LogP contribution >= 0.6 is 0 Å². The molecule has 116 valence electrons. The lowest BCUT2D eigenvalue weighted by atomic mass is 9.78. The van der Waals surface area contributed by atoms with E-state index in [0.29, 0.717) is 18.1 Å². The van der Waals surface area contributed by atoms with Crippen molar-refractivity contribution in [1.29, 1.82) is 0 Å². The molecule has 2 atom stereocenters. The van der Waals surface area contributed by atoms with Crippen LogP contribution in [0.3, 0.4) is 0 Å². The first-order chi connectivity index (χ1) is 9.50. The molecule has 0 amide bonds. The molecule has 1 aliphatic heterocycles. The second kappa shape index (κ2) is 6.79. The van der Waals surface area contributed by atoms with E-state index in [1.165, 1.54) is 25.7 Å². The first-order valence-corrected chi connectivity index (χ1v) is 8.17. The topological polar surface area (TPSA) is 45.7 Å². The molecule has 1 heterocycles. The third kappa shape index (κ3) is 4.65. The Morgan fingerprint density at radius 1 is 1.25 bits per heavy atom. The zero-order valence-electron chi connectivity index (χ0n) is 13.5. The van der Waals surface area contributed by atoms with E-state index in [0.717, 1.165) is 25.7 Å². The fourth-order valence-electron chi connectivity index (χ4n) is 2.94. The van der Waals surface area contributed by atoms with Gasteiger partial charge in [0, 0.05) is 31.7 Å². The van der Waals surface area contributed by atoms with Crippen LogP contribution in [0.4, 0.5) is 0 Å². The standard InChI is InChI=1S/C16H31N3O/c1-5-17-15(19-13-8-9-13)18-11-12-7-6-10-20-14(12)16(2,3)4/h12-14H,5-11H2,1-4H3,(H2,17,18,19). The van der Waals surface area contributed by atoms with E-state index in [-0.39, 0.29) is 5.41 Å². The van der Waals surface area contributed by atoms with E-state index in [1.54, 1.807) is 0 Å². The summed E-state index contributed by atoms with van der Waals surface area (Å²) in [4.78, 5) is 4.80. The highest BCUT2D eigenvalue weighted by molar-refractivity contribution is 5.80. The number of ether oxygens (including phenoxy) is 1. The van der Waals surface area contributed by atoms with Crippen LogP contribution in [0.1, 0.15) is 53.4 Å². The van der Waals surface area contributed by atoms with Gasteiger partial charge in [-0.15, -0.1) is 0 Å². The smallest absolute Gasteiger partial charge is 0.191 e. The van der Waals surface area contributed by atoms with Gasteiger partial charge in [-0.25, -0.2) is 0 Å². The van der Waals surface area contributed by atoms with Crippen molar-refractivity contribution in [2.45, 2.75) is 65.5 Å². The molecule has 1 aliphatic carbocycles. The quantitative estimate of drug-likeness (QED) is 0.615. The van der Waals surface area contributed by atoms with Gasteiger partial charge in [-0.1, -0.05) is 20.8 Å². The zero-order chi connectivity index (χ0) is 14.6. The molecule has 0 bridgehead atoms. The van der Waals surface area contributed by atoms with E-state index < -0.39 is 0 Å². The lowest BCUT2D eigenvalue weighted by molar-refractivity contribution is -0.0823. The van der Waals surface area contributed by atoms with Crippen molar-refractivity contribution >= 4 is 5.96 Å². The Balaban J connectivity index is 1.93. The normalized spacial score (nSPS) is 28.3. The maximum atomic E-state index is 6.03. The highest BCUT2D eigenvalue weighted by Gasteiger charge is 2.35. The van der Waals surface area contributed by atoms with Gasteiger partial charge in [0.15, 0.2) is 5.96 Å². The van der Waals surface area contributed by atoms with Gasteiger partial charge in [0.25, 0.3) is 0 Å². The van der Waals surface area contributed by atoms with Crippen LogP contribution in [0.25, 0.3) is 0 Å². The Morgan fingerprint density at radius 2 is 2.00 bits per heavy atom. The van der Waals surface area contributed by atoms with Crippen molar-refractivity contribution in [3.05, 3.63) is 0 Å². The van der Waals surface area contributed by atoms with Gasteiger partial charge >= 0.3 is 0 Å². The summed E-state index contributed by atoms with van der Waals surface area (Å²) in [5, 5.41) is 6.83. The first kappa shape index (κ1) is 15.6. The summed E-state index contributed by atoms with van der Waals surface area (Å²) in [6.45, 7) is 11.6. The molecule has 2 rings (SSSR count). The molecule has 2 aliphatic rings. The molecular weight excluding hydrogens is 250 g/mol. The number of aliphatic imine (C=N–C) groups is 1. The molecule has 2 fully saturated rings. The summed E-state index contributed by atoms with van der Waals surface area (Å²) in [5.74, 6) is 1.52. The van der Waals surface area contributed by atoms with Gasteiger partial charge in [-0.05, 0) is 38.0 Å². The highest BCUT2D eigenvalue weighted by atomic mass is 16.5. The minimum atomic E-state index is 0.197. The Kier molecular flexibility index (Phi) is 5.30. The number of nitrogens with zero attached hydrogens (tertiary/aromatic N) is 1. The molecule has 0 radical (unpaired) electrons. The summed E-state index contributed by atoms with van der Waals surface area (Å²) in [6, 6.07) is 0.647. The Bertz CT molecular complexity index is 331. The molecule has 4 nitrogen and oxygen atoms in total. The van der Waals surface area contributed by atoms with Crippen molar-refractivity contribution < 1.29 is 4.74 Å². The molecular formula is C16H31N3O. The van der Waals surface area contributed by atoms with E-state index >= 15 is 0 Å². The maximum Gasteiger partial charge on any atom is 0.191 e. The zero-order valence-corrected chi connectivity index (χ0v) is 13.5. The monoisotopic (exact) mass is 281 g/mol. The van der Waals surface area contributed by atoms with Gasteiger partial charge in [-0.2, -0.15) is 0 Å². The fraction of sp³-hybridized carbons (Fsp3) is 0.938. The SMILES string of the molecule is CCNC(=NCC1CCCOC1C(C)(C)C)NC1CC1. The van der Waals surface area contributed by atoms with Crippen LogP contribution in [0, 0.1) is 11.3 Å². The average molecular weight is 281 g/mol. The number of guanidine groups is 1. The van der Waals surface area contributed by atoms with E-state index in [9.17, 15) is 0 Å². The van der Waals surface area contributed by atoms with Crippen LogP contribution < -0.4 is 10.6 Å². The molecule has 0 aromatic rings. The summed E-state index contributed by atoms with van der Waals surface area (Å²) in [6.07, 6.45) is 5.28. The molecule has 4 heteroatoms. The van der Waals surface area contributed by atoms with Crippen molar-refractivity contribution in [2.75, 3.05) is 19.7 Å². The average Bonchev–Trinajstić information content (AvgIpc) is 3.19. The Hall–Kier alpha value is -0.770. The van der Waals surface area contributed by atoms with Crippen molar-refractivity contribution in [1.82, 2.24) is 10.6 Å². The summed E-state index contributed by atoms with van der Waals surface area (Å²) >= 11 is 0. The first-order valence-electron chi connectivity index (χ1n) is 8.17. The van der Waals surface area contributed by atoms with Crippen LogP contribution in [0.2, 0.25) is 0 Å². The summed E-state index contributed by atoms with van der Waals surface area (Å²) < 4.78 is 6.03. The van der Waals surface area contributed by atoms with Crippen molar-refractivity contribution in [2.24, 2.45) is 16.3 Å². The number of hydrogen-bond donors (Lipinski definition) is 2. The molecule has 2 unspecified atom stereocenters. The molecule has 1 saturated heterocycles. The molecule has 2 N–H and O–H groups in total. The fourth-order valence-corrected chi connectivity index (χ4v) is 2.94. The van der Waals surface area contributed by atoms with Gasteiger partial charge in [-0.3, -0.25) is 4.99 Å². The highest BCUT2D eigenvalue weighted by Crippen LogP contribution is 2.34. The van der Waals surface area contributed by atoms with E-state index in [1.807, 2.05) is 0 Å². The third-order valence-electron chi connectivity index (χ3n) is 4.04. The van der Waals surface area contributed by atoms with E-state index in [4.69, 9.17) is 9.73 Å². The number of hydrogen-bond acceptors (Lipinski definition) is 2. The van der Waals surface area contributed by atoms with Gasteiger partial charge in [0.1, 0.15) is 0 Å². The molecule has 0 spiro atoms. The summed E-state index contributed by atoms with van der Waals surface area (Å²) in [7, 11) is 0. The Morgan fingerprint density at radius 3 is 2.60 bits per heavy atom. The molecule has 0 aromatic heterocycles. The Labute approximate surface area is 123 Å². The van der Waals surface area contributed by atoms with Crippen LogP contribution in [-0.4, -0.2) is 37.8 Å². The van der Waals surface area contributed by atoms with Gasteiger partial charge in [0.05, 0.1) is 6.10 Å². The van der Waals surface area contributed by atoms with Gasteiger partial charge < -0.3 is 15.4 Å².